The van der Waals surface area contributed by atoms with E-state index in [9.17, 15) is 0 Å². The summed E-state index contributed by atoms with van der Waals surface area (Å²) in [5, 5.41) is 0. The van der Waals surface area contributed by atoms with Crippen molar-refractivity contribution in [3.63, 3.8) is 0 Å². The minimum absolute atomic E-state index is 1.26. The van der Waals surface area contributed by atoms with Crippen molar-refractivity contribution in [2.24, 2.45) is 0 Å². The van der Waals surface area contributed by atoms with Gasteiger partial charge in [0.1, 0.15) is 0 Å². The number of nitrogens with one attached hydrogen (secondary N) is 2. The highest BCUT2D eigenvalue weighted by Gasteiger charge is 1.68. The van der Waals surface area contributed by atoms with Gasteiger partial charge in [-0.1, -0.05) is 5.57 Å². The molecule has 0 aliphatic heterocycles. The van der Waals surface area contributed by atoms with Gasteiger partial charge in [0, 0.05) is 13.2 Å². The van der Waals surface area contributed by atoms with Crippen molar-refractivity contribution in [3.8, 4) is 0 Å². The molecule has 0 heterocycles. The van der Waals surface area contributed by atoms with Crippen LogP contribution >= 0.6 is 0 Å². The molecule has 0 bridgehead atoms. The third kappa shape index (κ3) is 5.50. The van der Waals surface area contributed by atoms with E-state index in [2.05, 4.69) is 10.9 Å². The molecule has 7 heavy (non-hydrogen) atoms. The molecule has 0 aliphatic carbocycles. The first kappa shape index (κ1) is 6.50. The first-order valence-electron chi connectivity index (χ1n) is 2.33. The van der Waals surface area contributed by atoms with Crippen LogP contribution in [-0.2, 0) is 0 Å². The molecule has 0 aromatic carbocycles. The molecule has 0 atom stereocenters. The molecule has 0 rings (SSSR count). The highest BCUT2D eigenvalue weighted by molar-refractivity contribution is 4.89. The maximum absolute atomic E-state index is 2.84. The van der Waals surface area contributed by atoms with Gasteiger partial charge in [-0.15, -0.1) is 0 Å². The van der Waals surface area contributed by atoms with Gasteiger partial charge in [0.15, 0.2) is 0 Å². The first-order chi connectivity index (χ1) is 3.27. The van der Waals surface area contributed by atoms with Crippen LogP contribution in [0.4, 0.5) is 0 Å². The second-order valence-corrected chi connectivity index (χ2v) is 1.62. The van der Waals surface area contributed by atoms with Crippen LogP contribution in [0.15, 0.2) is 11.8 Å². The third-order valence-corrected chi connectivity index (χ3v) is 0.505. The number of rotatable bonds is 2. The zero-order valence-electron chi connectivity index (χ0n) is 5.08. The lowest BCUT2D eigenvalue weighted by Gasteiger charge is -1.93. The van der Waals surface area contributed by atoms with E-state index >= 15 is 0 Å². The fourth-order valence-corrected chi connectivity index (χ4v) is 0.217. The van der Waals surface area contributed by atoms with Crippen molar-refractivity contribution in [3.05, 3.63) is 11.8 Å². The molecule has 0 saturated heterocycles. The smallest absolute Gasteiger partial charge is 0.0111 e. The quantitative estimate of drug-likeness (QED) is 0.497. The van der Waals surface area contributed by atoms with Gasteiger partial charge in [-0.25, -0.2) is 5.43 Å². The van der Waals surface area contributed by atoms with E-state index < -0.39 is 0 Å². The number of hydrogen-bond donors (Lipinski definition) is 2. The van der Waals surface area contributed by atoms with Gasteiger partial charge in [-0.2, -0.15) is 0 Å². The number of hydrazine groups is 1. The van der Waals surface area contributed by atoms with Crippen LogP contribution in [0.1, 0.15) is 13.8 Å². The molecule has 2 nitrogen and oxygen atoms in total. The van der Waals surface area contributed by atoms with Crippen molar-refractivity contribution in [2.45, 2.75) is 13.8 Å². The molecule has 0 aromatic heterocycles. The Kier molecular flexibility index (Phi) is 3.42. The van der Waals surface area contributed by atoms with E-state index in [0.717, 1.165) is 0 Å². The van der Waals surface area contributed by atoms with Crippen LogP contribution in [0, 0.1) is 0 Å². The van der Waals surface area contributed by atoms with Gasteiger partial charge in [0.05, 0.1) is 0 Å². The highest BCUT2D eigenvalue weighted by Crippen LogP contribution is 1.80. The molecule has 0 fully saturated rings. The van der Waals surface area contributed by atoms with Crippen LogP contribution in [0.25, 0.3) is 0 Å². The molecule has 0 spiro atoms. The van der Waals surface area contributed by atoms with Gasteiger partial charge >= 0.3 is 0 Å². The molecule has 0 amide bonds. The van der Waals surface area contributed by atoms with Crippen molar-refractivity contribution < 1.29 is 0 Å². The molecule has 0 radical (unpaired) electrons. The summed E-state index contributed by atoms with van der Waals surface area (Å²) in [6.45, 7) is 4.06. The fourth-order valence-electron chi connectivity index (χ4n) is 0.217. The summed E-state index contributed by atoms with van der Waals surface area (Å²) < 4.78 is 0. The normalized spacial score (nSPS) is 7.86. The van der Waals surface area contributed by atoms with Crippen LogP contribution in [0.3, 0.4) is 0 Å². The molecule has 42 valence electrons. The highest BCUT2D eigenvalue weighted by atomic mass is 15.3. The molecule has 2 heteroatoms. The molecular weight excluding hydrogens is 88.1 g/mol. The molecule has 0 aliphatic rings. The minimum atomic E-state index is 1.26. The van der Waals surface area contributed by atoms with Gasteiger partial charge in [0.25, 0.3) is 0 Å². The first-order valence-corrected chi connectivity index (χ1v) is 2.33. The molecule has 0 aromatic rings. The Morgan fingerprint density at radius 1 is 1.43 bits per heavy atom. The predicted molar refractivity (Wildman–Crippen MR) is 31.6 cm³/mol. The Morgan fingerprint density at radius 2 is 2.00 bits per heavy atom. The van der Waals surface area contributed by atoms with E-state index in [0.29, 0.717) is 0 Å². The van der Waals surface area contributed by atoms with Gasteiger partial charge in [-0.3, -0.25) is 0 Å². The largest absolute Gasteiger partial charge is 0.329 e. The average Bonchev–Trinajstić information content (AvgIpc) is 1.61. The van der Waals surface area contributed by atoms with Crippen LogP contribution < -0.4 is 10.9 Å². The van der Waals surface area contributed by atoms with E-state index in [1.807, 2.05) is 27.1 Å². The Bertz CT molecular complexity index is 62.5. The predicted octanol–water partition coefficient (Wildman–Crippen LogP) is 0.634. The fraction of sp³-hybridized carbons (Fsp3) is 0.600. The SMILES string of the molecule is CNNC=C(C)C. The van der Waals surface area contributed by atoms with E-state index in [1.165, 1.54) is 5.57 Å². The van der Waals surface area contributed by atoms with Crippen LogP contribution in [0.2, 0.25) is 0 Å². The van der Waals surface area contributed by atoms with E-state index in [1.54, 1.807) is 0 Å². The summed E-state index contributed by atoms with van der Waals surface area (Å²) in [5.41, 5.74) is 6.87. The lowest BCUT2D eigenvalue weighted by molar-refractivity contribution is 0.725. The Hall–Kier alpha value is -0.500. The van der Waals surface area contributed by atoms with Crippen molar-refractivity contribution in [1.29, 1.82) is 0 Å². The van der Waals surface area contributed by atoms with Crippen LogP contribution in [-0.4, -0.2) is 7.05 Å². The topological polar surface area (TPSA) is 24.1 Å². The maximum atomic E-state index is 2.84. The molecule has 2 N–H and O–H groups in total. The zero-order valence-corrected chi connectivity index (χ0v) is 5.08. The summed E-state index contributed by atoms with van der Waals surface area (Å²) in [7, 11) is 1.83. The van der Waals surface area contributed by atoms with Gasteiger partial charge in [0.2, 0.25) is 0 Å². The Balaban J connectivity index is 3.08. The number of hydrogen-bond acceptors (Lipinski definition) is 2. The Labute approximate surface area is 44.6 Å². The summed E-state index contributed by atoms with van der Waals surface area (Å²) in [6, 6.07) is 0. The lowest BCUT2D eigenvalue weighted by Crippen LogP contribution is -2.21. The standard InChI is InChI=1S/C5H12N2/c1-5(2)4-7-6-3/h4,6-7H,1-3H3. The van der Waals surface area contributed by atoms with E-state index in [-0.39, 0.29) is 0 Å². The van der Waals surface area contributed by atoms with Crippen LogP contribution in [0.5, 0.6) is 0 Å². The second kappa shape index (κ2) is 3.68. The maximum Gasteiger partial charge on any atom is 0.0111 e. The van der Waals surface area contributed by atoms with Crippen molar-refractivity contribution in [2.75, 3.05) is 7.05 Å². The van der Waals surface area contributed by atoms with Gasteiger partial charge in [-0.05, 0) is 13.8 Å². The monoisotopic (exact) mass is 100 g/mol. The van der Waals surface area contributed by atoms with Crippen molar-refractivity contribution >= 4 is 0 Å². The second-order valence-electron chi connectivity index (χ2n) is 1.62. The minimum Gasteiger partial charge on any atom is -0.329 e. The average molecular weight is 100 g/mol. The summed E-state index contributed by atoms with van der Waals surface area (Å²) >= 11 is 0. The summed E-state index contributed by atoms with van der Waals surface area (Å²) in [5.74, 6) is 0. The third-order valence-electron chi connectivity index (χ3n) is 0.505. The summed E-state index contributed by atoms with van der Waals surface area (Å²) in [4.78, 5) is 0. The molecule has 0 saturated carbocycles. The lowest BCUT2D eigenvalue weighted by atomic mass is 10.4. The zero-order chi connectivity index (χ0) is 5.70. The van der Waals surface area contributed by atoms with E-state index in [4.69, 9.17) is 0 Å². The molecule has 0 unspecified atom stereocenters. The summed E-state index contributed by atoms with van der Waals surface area (Å²) in [6.07, 6.45) is 1.90. The number of allylic oxidation sites excluding steroid dienone is 1. The van der Waals surface area contributed by atoms with Crippen molar-refractivity contribution in [1.82, 2.24) is 10.9 Å². The Morgan fingerprint density at radius 3 is 2.14 bits per heavy atom. The molecular formula is C5H12N2. The van der Waals surface area contributed by atoms with Gasteiger partial charge < -0.3 is 5.43 Å².